The van der Waals surface area contributed by atoms with Crippen LogP contribution in [0.2, 0.25) is 0 Å². The van der Waals surface area contributed by atoms with Crippen molar-refractivity contribution in [2.45, 2.75) is 13.8 Å². The molecular weight excluding hydrogens is 206 g/mol. The van der Waals surface area contributed by atoms with Crippen LogP contribution in [0.5, 0.6) is 0 Å². The lowest BCUT2D eigenvalue weighted by Gasteiger charge is -1.91. The van der Waals surface area contributed by atoms with E-state index in [1.54, 1.807) is 0 Å². The van der Waals surface area contributed by atoms with Crippen LogP contribution in [0.4, 0.5) is 5.69 Å². The number of furan rings is 1. The first-order chi connectivity index (χ1) is 7.72. The highest BCUT2D eigenvalue weighted by molar-refractivity contribution is 5.90. The zero-order valence-electron chi connectivity index (χ0n) is 9.02. The highest BCUT2D eigenvalue weighted by Crippen LogP contribution is 2.31. The first kappa shape index (κ1) is 10.4. The van der Waals surface area contributed by atoms with Crippen molar-refractivity contribution < 1.29 is 9.21 Å². The number of aliphatic imine (C=N–C) groups is 1. The summed E-state index contributed by atoms with van der Waals surface area (Å²) in [6, 6.07) is 3.80. The van der Waals surface area contributed by atoms with Crippen molar-refractivity contribution in [3.05, 3.63) is 23.6 Å². The molecule has 82 valence electrons. The van der Waals surface area contributed by atoms with Crippen LogP contribution in [0.25, 0.3) is 11.1 Å². The molecule has 0 radical (unpaired) electrons. The highest BCUT2D eigenvalue weighted by atomic mass is 16.3. The van der Waals surface area contributed by atoms with Crippen LogP contribution < -0.4 is 5.32 Å². The largest absolute Gasteiger partial charge is 0.441 e. The fourth-order valence-corrected chi connectivity index (χ4v) is 1.47. The van der Waals surface area contributed by atoms with Crippen LogP contribution in [0.15, 0.2) is 21.5 Å². The molecule has 1 amide bonds. The molecule has 0 unspecified atom stereocenters. The molecule has 5 nitrogen and oxygen atoms in total. The third kappa shape index (κ3) is 1.79. The van der Waals surface area contributed by atoms with E-state index < -0.39 is 0 Å². The Balaban J connectivity index is 2.51. The van der Waals surface area contributed by atoms with Gasteiger partial charge in [-0.25, -0.2) is 9.98 Å². The van der Waals surface area contributed by atoms with Gasteiger partial charge in [0.1, 0.15) is 11.4 Å². The summed E-state index contributed by atoms with van der Waals surface area (Å²) in [6.07, 6.45) is 1.88. The van der Waals surface area contributed by atoms with Gasteiger partial charge in [-0.3, -0.25) is 4.79 Å². The molecule has 0 spiro atoms. The monoisotopic (exact) mass is 217 g/mol. The standard InChI is InChI=1S/C11H11N3O2/c1-7-3-4-9-10(13-5-12-6-15)8(2)16-11(9)14-7/h3-6H,1-2H3,(H,12,13,15). The third-order valence-corrected chi connectivity index (χ3v) is 2.17. The Morgan fingerprint density at radius 1 is 1.44 bits per heavy atom. The summed E-state index contributed by atoms with van der Waals surface area (Å²) in [5.74, 6) is 0.678. The summed E-state index contributed by atoms with van der Waals surface area (Å²) in [5.41, 5.74) is 2.15. The molecule has 5 heteroatoms. The number of carbonyl (C=O) groups excluding carboxylic acids is 1. The van der Waals surface area contributed by atoms with E-state index in [4.69, 9.17) is 4.42 Å². The molecule has 2 aromatic heterocycles. The Morgan fingerprint density at radius 2 is 2.25 bits per heavy atom. The van der Waals surface area contributed by atoms with Crippen LogP contribution >= 0.6 is 0 Å². The number of aromatic nitrogens is 1. The summed E-state index contributed by atoms with van der Waals surface area (Å²) in [5, 5.41) is 3.20. The summed E-state index contributed by atoms with van der Waals surface area (Å²) in [7, 11) is 0. The van der Waals surface area contributed by atoms with E-state index in [2.05, 4.69) is 15.3 Å². The fraction of sp³-hybridized carbons (Fsp3) is 0.182. The Morgan fingerprint density at radius 3 is 3.00 bits per heavy atom. The van der Waals surface area contributed by atoms with Gasteiger partial charge in [0.25, 0.3) is 0 Å². The Bertz CT molecular complexity index is 558. The average molecular weight is 217 g/mol. The van der Waals surface area contributed by atoms with Gasteiger partial charge in [-0.05, 0) is 26.0 Å². The molecule has 0 aliphatic rings. The quantitative estimate of drug-likeness (QED) is 0.484. The molecule has 2 heterocycles. The molecule has 0 aliphatic heterocycles. The van der Waals surface area contributed by atoms with Gasteiger partial charge in [0.05, 0.1) is 11.7 Å². The maximum Gasteiger partial charge on any atom is 0.228 e. The number of amides is 1. The molecule has 0 saturated heterocycles. The molecule has 2 rings (SSSR count). The van der Waals surface area contributed by atoms with E-state index in [1.807, 2.05) is 26.0 Å². The minimum atomic E-state index is 0.559. The summed E-state index contributed by atoms with van der Waals surface area (Å²) in [6.45, 7) is 3.71. The van der Waals surface area contributed by atoms with Gasteiger partial charge in [0, 0.05) is 5.69 Å². The number of nitrogens with one attached hydrogen (secondary N) is 1. The predicted molar refractivity (Wildman–Crippen MR) is 60.8 cm³/mol. The maximum atomic E-state index is 10.1. The number of rotatable bonds is 3. The number of hydrogen-bond donors (Lipinski definition) is 1. The number of aryl methyl sites for hydroxylation is 2. The second-order valence-corrected chi connectivity index (χ2v) is 3.35. The van der Waals surface area contributed by atoms with Crippen molar-refractivity contribution in [3.63, 3.8) is 0 Å². The van der Waals surface area contributed by atoms with Crippen molar-refractivity contribution in [1.82, 2.24) is 10.3 Å². The zero-order valence-corrected chi connectivity index (χ0v) is 9.02. The second kappa shape index (κ2) is 4.14. The zero-order chi connectivity index (χ0) is 11.5. The topological polar surface area (TPSA) is 67.5 Å². The van der Waals surface area contributed by atoms with Crippen LogP contribution in [-0.2, 0) is 4.79 Å². The van der Waals surface area contributed by atoms with Crippen molar-refractivity contribution in [2.24, 2.45) is 4.99 Å². The Labute approximate surface area is 92.2 Å². The van der Waals surface area contributed by atoms with E-state index >= 15 is 0 Å². The second-order valence-electron chi connectivity index (χ2n) is 3.35. The summed E-state index contributed by atoms with van der Waals surface area (Å²) >= 11 is 0. The van der Waals surface area contributed by atoms with E-state index in [1.165, 1.54) is 6.34 Å². The molecule has 0 aliphatic carbocycles. The lowest BCUT2D eigenvalue weighted by Crippen LogP contribution is -2.05. The van der Waals surface area contributed by atoms with Gasteiger partial charge in [-0.2, -0.15) is 0 Å². The molecule has 16 heavy (non-hydrogen) atoms. The molecule has 0 bridgehead atoms. The Kier molecular flexibility index (Phi) is 2.68. The normalized spacial score (nSPS) is 11.1. The number of fused-ring (bicyclic) bond motifs is 1. The van der Waals surface area contributed by atoms with Crippen molar-refractivity contribution in [1.29, 1.82) is 0 Å². The Hall–Kier alpha value is -2.17. The molecule has 0 saturated carbocycles. The molecule has 0 atom stereocenters. The van der Waals surface area contributed by atoms with Gasteiger partial charge >= 0.3 is 0 Å². The molecule has 0 aromatic carbocycles. The predicted octanol–water partition coefficient (Wildman–Crippen LogP) is 1.85. The fourth-order valence-electron chi connectivity index (χ4n) is 1.47. The lowest BCUT2D eigenvalue weighted by atomic mass is 10.2. The van der Waals surface area contributed by atoms with Gasteiger partial charge in [-0.1, -0.05) is 0 Å². The minimum absolute atomic E-state index is 0.559. The maximum absolute atomic E-state index is 10.1. The van der Waals surface area contributed by atoms with Crippen LogP contribution in [0.3, 0.4) is 0 Å². The molecule has 0 fully saturated rings. The number of pyridine rings is 1. The molecule has 1 N–H and O–H groups in total. The molecular formula is C11H11N3O2. The van der Waals surface area contributed by atoms with Crippen LogP contribution in [0.1, 0.15) is 11.5 Å². The smallest absolute Gasteiger partial charge is 0.228 e. The van der Waals surface area contributed by atoms with Crippen LogP contribution in [-0.4, -0.2) is 17.7 Å². The third-order valence-electron chi connectivity index (χ3n) is 2.17. The lowest BCUT2D eigenvalue weighted by molar-refractivity contribution is -0.108. The van der Waals surface area contributed by atoms with E-state index in [9.17, 15) is 4.79 Å². The first-order valence-electron chi connectivity index (χ1n) is 4.81. The van der Waals surface area contributed by atoms with Gasteiger partial charge in [-0.15, -0.1) is 0 Å². The van der Waals surface area contributed by atoms with Crippen molar-refractivity contribution in [3.8, 4) is 0 Å². The van der Waals surface area contributed by atoms with Crippen molar-refractivity contribution >= 4 is 29.5 Å². The average Bonchev–Trinajstić information content (AvgIpc) is 2.55. The summed E-state index contributed by atoms with van der Waals surface area (Å²) in [4.78, 5) is 18.5. The van der Waals surface area contributed by atoms with Crippen molar-refractivity contribution in [2.75, 3.05) is 0 Å². The van der Waals surface area contributed by atoms with E-state index in [0.29, 0.717) is 23.6 Å². The molecule has 2 aromatic rings. The SMILES string of the molecule is Cc1ccc2c(/N=C\NC=O)c(C)oc2n1. The number of nitrogens with zero attached hydrogens (tertiary/aromatic N) is 2. The van der Waals surface area contributed by atoms with Crippen LogP contribution in [0, 0.1) is 13.8 Å². The minimum Gasteiger partial charge on any atom is -0.441 e. The summed E-state index contributed by atoms with van der Waals surface area (Å²) < 4.78 is 5.47. The number of hydrogen-bond acceptors (Lipinski definition) is 4. The highest BCUT2D eigenvalue weighted by Gasteiger charge is 2.10. The first-order valence-corrected chi connectivity index (χ1v) is 4.81. The van der Waals surface area contributed by atoms with Gasteiger partial charge < -0.3 is 9.73 Å². The van der Waals surface area contributed by atoms with Gasteiger partial charge in [0.15, 0.2) is 0 Å². The number of carbonyl (C=O) groups is 1. The van der Waals surface area contributed by atoms with Gasteiger partial charge in [0.2, 0.25) is 12.1 Å². The van der Waals surface area contributed by atoms with E-state index in [0.717, 1.165) is 11.1 Å². The van der Waals surface area contributed by atoms with E-state index in [-0.39, 0.29) is 0 Å².